The second-order valence-corrected chi connectivity index (χ2v) is 5.22. The van der Waals surface area contributed by atoms with E-state index < -0.39 is 0 Å². The third kappa shape index (κ3) is 2.85. The topological polar surface area (TPSA) is 49.4 Å². The van der Waals surface area contributed by atoms with E-state index in [2.05, 4.69) is 12.2 Å². The number of thiophene rings is 1. The standard InChI is InChI=1S/C12H16N2O2S/c1-2-9-4-5-10(17-9)12(16)14-7-3-6-13-11(15)8-14/h4-5H,2-3,6-8H2,1H3,(H,13,15). The molecule has 0 spiro atoms. The summed E-state index contributed by atoms with van der Waals surface area (Å²) in [6.07, 6.45) is 1.77. The van der Waals surface area contributed by atoms with Gasteiger partial charge in [-0.05, 0) is 25.0 Å². The van der Waals surface area contributed by atoms with E-state index in [1.165, 1.54) is 16.2 Å². The van der Waals surface area contributed by atoms with Crippen LogP contribution in [-0.2, 0) is 11.2 Å². The number of rotatable bonds is 2. The molecule has 1 aromatic rings. The van der Waals surface area contributed by atoms with E-state index in [-0.39, 0.29) is 18.4 Å². The van der Waals surface area contributed by atoms with Gasteiger partial charge in [0.15, 0.2) is 0 Å². The van der Waals surface area contributed by atoms with Crippen molar-refractivity contribution in [3.63, 3.8) is 0 Å². The minimum absolute atomic E-state index is 0.0215. The molecule has 2 amide bonds. The van der Waals surface area contributed by atoms with Crippen LogP contribution in [0, 0.1) is 0 Å². The van der Waals surface area contributed by atoms with Crippen LogP contribution in [0.3, 0.4) is 0 Å². The third-order valence-electron chi connectivity index (χ3n) is 2.77. The molecule has 1 N–H and O–H groups in total. The van der Waals surface area contributed by atoms with Crippen LogP contribution in [0.4, 0.5) is 0 Å². The zero-order valence-electron chi connectivity index (χ0n) is 9.86. The number of aryl methyl sites for hydroxylation is 1. The molecule has 0 unspecified atom stereocenters. The first-order valence-corrected chi connectivity index (χ1v) is 6.67. The molecule has 1 aliphatic rings. The molecule has 0 radical (unpaired) electrons. The van der Waals surface area contributed by atoms with Crippen LogP contribution in [0.5, 0.6) is 0 Å². The Bertz CT molecular complexity index is 428. The molecule has 0 atom stereocenters. The lowest BCUT2D eigenvalue weighted by molar-refractivity contribution is -0.121. The Balaban J connectivity index is 2.10. The average molecular weight is 252 g/mol. The van der Waals surface area contributed by atoms with Crippen LogP contribution in [-0.4, -0.2) is 36.3 Å². The minimum atomic E-state index is -0.0666. The Labute approximate surface area is 105 Å². The molecule has 17 heavy (non-hydrogen) atoms. The monoisotopic (exact) mass is 252 g/mol. The average Bonchev–Trinajstić information content (AvgIpc) is 2.71. The van der Waals surface area contributed by atoms with Crippen LogP contribution in [0.15, 0.2) is 12.1 Å². The lowest BCUT2D eigenvalue weighted by Gasteiger charge is -2.17. The van der Waals surface area contributed by atoms with Crippen LogP contribution in [0.25, 0.3) is 0 Å². The molecule has 0 aliphatic carbocycles. The number of nitrogens with one attached hydrogen (secondary N) is 1. The van der Waals surface area contributed by atoms with Crippen molar-refractivity contribution in [3.05, 3.63) is 21.9 Å². The Morgan fingerprint density at radius 3 is 3.06 bits per heavy atom. The maximum absolute atomic E-state index is 12.2. The molecule has 1 aromatic heterocycles. The summed E-state index contributed by atoms with van der Waals surface area (Å²) in [5.41, 5.74) is 0. The second kappa shape index (κ2) is 5.31. The van der Waals surface area contributed by atoms with Crippen molar-refractivity contribution >= 4 is 23.2 Å². The largest absolute Gasteiger partial charge is 0.354 e. The molecular weight excluding hydrogens is 236 g/mol. The van der Waals surface area contributed by atoms with E-state index in [0.29, 0.717) is 13.1 Å². The van der Waals surface area contributed by atoms with Crippen LogP contribution in [0.2, 0.25) is 0 Å². The maximum Gasteiger partial charge on any atom is 0.264 e. The highest BCUT2D eigenvalue weighted by molar-refractivity contribution is 7.14. The number of nitrogens with zero attached hydrogens (tertiary/aromatic N) is 1. The number of carbonyl (C=O) groups excluding carboxylic acids is 2. The van der Waals surface area contributed by atoms with Gasteiger partial charge in [0.2, 0.25) is 5.91 Å². The predicted molar refractivity (Wildman–Crippen MR) is 67.2 cm³/mol. The van der Waals surface area contributed by atoms with Crippen molar-refractivity contribution in [3.8, 4) is 0 Å². The smallest absolute Gasteiger partial charge is 0.264 e. The highest BCUT2D eigenvalue weighted by Crippen LogP contribution is 2.19. The van der Waals surface area contributed by atoms with Gasteiger partial charge >= 0.3 is 0 Å². The Morgan fingerprint density at radius 2 is 2.35 bits per heavy atom. The van der Waals surface area contributed by atoms with Gasteiger partial charge < -0.3 is 10.2 Å². The van der Waals surface area contributed by atoms with Gasteiger partial charge in [-0.2, -0.15) is 0 Å². The zero-order chi connectivity index (χ0) is 12.3. The zero-order valence-corrected chi connectivity index (χ0v) is 10.7. The molecule has 92 valence electrons. The van der Waals surface area contributed by atoms with E-state index in [0.717, 1.165) is 17.7 Å². The summed E-state index contributed by atoms with van der Waals surface area (Å²) in [6.45, 7) is 3.56. The first kappa shape index (κ1) is 12.1. The highest BCUT2D eigenvalue weighted by Gasteiger charge is 2.21. The molecule has 2 heterocycles. The molecule has 0 saturated carbocycles. The SMILES string of the molecule is CCc1ccc(C(=O)N2CCCNC(=O)C2)s1. The molecular formula is C12H16N2O2S. The highest BCUT2D eigenvalue weighted by atomic mass is 32.1. The van der Waals surface area contributed by atoms with Gasteiger partial charge in [-0.25, -0.2) is 0 Å². The predicted octanol–water partition coefficient (Wildman–Crippen LogP) is 1.27. The summed E-state index contributed by atoms with van der Waals surface area (Å²) < 4.78 is 0. The summed E-state index contributed by atoms with van der Waals surface area (Å²) in [5.74, 6) is -0.0881. The van der Waals surface area contributed by atoms with Crippen molar-refractivity contribution in [1.82, 2.24) is 10.2 Å². The molecule has 0 bridgehead atoms. The van der Waals surface area contributed by atoms with Crippen molar-refractivity contribution in [2.24, 2.45) is 0 Å². The summed E-state index contributed by atoms with van der Waals surface area (Å²) in [5, 5.41) is 2.77. The van der Waals surface area contributed by atoms with E-state index in [4.69, 9.17) is 0 Å². The van der Waals surface area contributed by atoms with Crippen LogP contribution < -0.4 is 5.32 Å². The van der Waals surface area contributed by atoms with Crippen molar-refractivity contribution in [1.29, 1.82) is 0 Å². The molecule has 1 aliphatic heterocycles. The van der Waals surface area contributed by atoms with Crippen molar-refractivity contribution < 1.29 is 9.59 Å². The molecule has 0 aromatic carbocycles. The molecule has 4 nitrogen and oxygen atoms in total. The Kier molecular flexibility index (Phi) is 3.78. The molecule has 2 rings (SSSR count). The fraction of sp³-hybridized carbons (Fsp3) is 0.500. The van der Waals surface area contributed by atoms with Crippen molar-refractivity contribution in [2.45, 2.75) is 19.8 Å². The second-order valence-electron chi connectivity index (χ2n) is 4.05. The first-order chi connectivity index (χ1) is 8.20. The molecule has 1 saturated heterocycles. The molecule has 1 fully saturated rings. The van der Waals surface area contributed by atoms with Gasteiger partial charge in [-0.1, -0.05) is 6.92 Å². The van der Waals surface area contributed by atoms with Gasteiger partial charge in [-0.15, -0.1) is 11.3 Å². The number of amides is 2. The normalized spacial score (nSPS) is 16.5. The van der Waals surface area contributed by atoms with Gasteiger partial charge in [-0.3, -0.25) is 9.59 Å². The van der Waals surface area contributed by atoms with Gasteiger partial charge in [0.05, 0.1) is 11.4 Å². The fourth-order valence-electron chi connectivity index (χ4n) is 1.82. The van der Waals surface area contributed by atoms with Gasteiger partial charge in [0.25, 0.3) is 5.91 Å². The maximum atomic E-state index is 12.2. The van der Waals surface area contributed by atoms with E-state index in [9.17, 15) is 9.59 Å². The van der Waals surface area contributed by atoms with E-state index in [1.807, 2.05) is 12.1 Å². The lowest BCUT2D eigenvalue weighted by atomic mass is 10.3. The first-order valence-electron chi connectivity index (χ1n) is 5.85. The summed E-state index contributed by atoms with van der Waals surface area (Å²) in [7, 11) is 0. The van der Waals surface area contributed by atoms with Crippen LogP contribution >= 0.6 is 11.3 Å². The van der Waals surface area contributed by atoms with E-state index >= 15 is 0 Å². The Morgan fingerprint density at radius 1 is 1.53 bits per heavy atom. The summed E-state index contributed by atoms with van der Waals surface area (Å²) >= 11 is 1.52. The number of hydrogen-bond acceptors (Lipinski definition) is 3. The minimum Gasteiger partial charge on any atom is -0.354 e. The van der Waals surface area contributed by atoms with Gasteiger partial charge in [0.1, 0.15) is 0 Å². The number of hydrogen-bond donors (Lipinski definition) is 1. The Hall–Kier alpha value is -1.36. The van der Waals surface area contributed by atoms with Gasteiger partial charge in [0, 0.05) is 18.0 Å². The van der Waals surface area contributed by atoms with Crippen molar-refractivity contribution in [2.75, 3.05) is 19.6 Å². The quantitative estimate of drug-likeness (QED) is 0.862. The number of carbonyl (C=O) groups is 2. The lowest BCUT2D eigenvalue weighted by Crippen LogP contribution is -2.37. The molecule has 5 heteroatoms. The third-order valence-corrected chi connectivity index (χ3v) is 3.99. The summed E-state index contributed by atoms with van der Waals surface area (Å²) in [6, 6.07) is 3.84. The summed E-state index contributed by atoms with van der Waals surface area (Å²) in [4.78, 5) is 27.1. The fourth-order valence-corrected chi connectivity index (χ4v) is 2.73. The van der Waals surface area contributed by atoms with E-state index in [1.54, 1.807) is 4.90 Å². The van der Waals surface area contributed by atoms with Crippen LogP contribution in [0.1, 0.15) is 27.9 Å².